The van der Waals surface area contributed by atoms with Gasteiger partial charge >= 0.3 is 10.2 Å². The molecule has 0 aliphatic rings. The Morgan fingerprint density at radius 3 is 2.65 bits per heavy atom. The van der Waals surface area contributed by atoms with Crippen molar-refractivity contribution in [2.75, 3.05) is 31.4 Å². The number of aryl methyl sites for hydroxylation is 1. The van der Waals surface area contributed by atoms with Gasteiger partial charge in [-0.15, -0.1) is 3.89 Å². The first kappa shape index (κ1) is 28.6. The highest BCUT2D eigenvalue weighted by Gasteiger charge is 2.16. The smallest absolute Gasteiger partial charge is 0.332 e. The maximum atomic E-state index is 13.3. The maximum absolute atomic E-state index is 13.3. The first-order valence-electron chi connectivity index (χ1n) is 11.6. The number of halogens is 2. The van der Waals surface area contributed by atoms with E-state index in [9.17, 15) is 21.9 Å². The Hall–Kier alpha value is -4.43. The minimum Gasteiger partial charge on any atom is -0.494 e. The Kier molecular flexibility index (Phi) is 8.40. The van der Waals surface area contributed by atoms with E-state index in [-0.39, 0.29) is 35.7 Å². The number of ether oxygens (including phenoxy) is 2. The first-order valence-corrected chi connectivity index (χ1v) is 13.4. The van der Waals surface area contributed by atoms with E-state index in [0.29, 0.717) is 27.9 Å². The molecule has 0 spiro atoms. The van der Waals surface area contributed by atoms with Gasteiger partial charge in [-0.2, -0.15) is 13.4 Å². The highest BCUT2D eigenvalue weighted by atomic mass is 35.5. The van der Waals surface area contributed by atoms with Gasteiger partial charge in [0.05, 0.1) is 23.7 Å². The first-order chi connectivity index (χ1) is 19.0. The standard InChI is InChI=1S/C25H24ClFN6O6S/c1-28-21(34)13-39-20-9-15-8-16(10-19(38-3)22(15)33(2)24(20)35)31-23-18(26)12-30-25(32-23)29-11-14-5-4-6-17(7-14)40(27,36)37/h4-10,12H,11,13H2,1-3H3,(H,28,34)(H2,29,30,31,32). The average Bonchev–Trinajstić information content (AvgIpc) is 2.93. The number of amides is 1. The fraction of sp³-hybridized carbons (Fsp3) is 0.200. The van der Waals surface area contributed by atoms with Crippen LogP contribution in [-0.4, -0.2) is 49.6 Å². The van der Waals surface area contributed by atoms with Gasteiger partial charge in [0.15, 0.2) is 18.2 Å². The van der Waals surface area contributed by atoms with Crippen molar-refractivity contribution in [1.82, 2.24) is 19.9 Å². The number of anilines is 3. The number of nitrogens with zero attached hydrogens (tertiary/aromatic N) is 3. The third-order valence-electron chi connectivity index (χ3n) is 5.74. The summed E-state index contributed by atoms with van der Waals surface area (Å²) in [5, 5.41) is 9.24. The summed E-state index contributed by atoms with van der Waals surface area (Å²) in [6, 6.07) is 10.3. The SMILES string of the molecule is CNC(=O)COc1cc2cc(Nc3nc(NCc4cccc(S(=O)(=O)F)c4)ncc3Cl)cc(OC)c2n(C)c1=O. The highest BCUT2D eigenvalue weighted by molar-refractivity contribution is 7.86. The molecule has 40 heavy (non-hydrogen) atoms. The van der Waals surface area contributed by atoms with Crippen molar-refractivity contribution in [3.05, 3.63) is 69.6 Å². The molecule has 4 aromatic rings. The second kappa shape index (κ2) is 11.8. The fourth-order valence-corrected chi connectivity index (χ4v) is 4.45. The number of carbonyl (C=O) groups is 1. The lowest BCUT2D eigenvalue weighted by Crippen LogP contribution is -2.27. The number of benzene rings is 2. The molecule has 12 nitrogen and oxygen atoms in total. The van der Waals surface area contributed by atoms with Crippen molar-refractivity contribution in [1.29, 1.82) is 0 Å². The average molecular weight is 591 g/mol. The van der Waals surface area contributed by atoms with Gasteiger partial charge in [0.1, 0.15) is 10.8 Å². The zero-order valence-electron chi connectivity index (χ0n) is 21.5. The van der Waals surface area contributed by atoms with E-state index in [2.05, 4.69) is 25.9 Å². The van der Waals surface area contributed by atoms with Gasteiger partial charge in [-0.25, -0.2) is 4.98 Å². The predicted molar refractivity (Wildman–Crippen MR) is 148 cm³/mol. The number of fused-ring (bicyclic) bond motifs is 1. The number of rotatable bonds is 10. The highest BCUT2D eigenvalue weighted by Crippen LogP contribution is 2.33. The third-order valence-corrected chi connectivity index (χ3v) is 6.83. The predicted octanol–water partition coefficient (Wildman–Crippen LogP) is 3.13. The number of pyridine rings is 1. The second-order valence-corrected chi connectivity index (χ2v) is 10.2. The Morgan fingerprint density at radius 1 is 1.18 bits per heavy atom. The zero-order valence-corrected chi connectivity index (χ0v) is 23.1. The van der Waals surface area contributed by atoms with Crippen molar-refractivity contribution in [2.45, 2.75) is 11.4 Å². The van der Waals surface area contributed by atoms with Crippen LogP contribution in [0.15, 0.2) is 58.4 Å². The molecule has 2 aromatic carbocycles. The molecule has 0 saturated heterocycles. The quantitative estimate of drug-likeness (QED) is 0.235. The molecule has 2 aromatic heterocycles. The largest absolute Gasteiger partial charge is 0.494 e. The molecule has 210 valence electrons. The van der Waals surface area contributed by atoms with Crippen LogP contribution in [0.4, 0.5) is 21.3 Å². The molecule has 0 unspecified atom stereocenters. The lowest BCUT2D eigenvalue weighted by Gasteiger charge is -2.16. The van der Waals surface area contributed by atoms with Gasteiger partial charge < -0.3 is 30.0 Å². The molecule has 0 radical (unpaired) electrons. The van der Waals surface area contributed by atoms with Crippen LogP contribution in [0.1, 0.15) is 5.56 Å². The molecule has 0 fully saturated rings. The van der Waals surface area contributed by atoms with E-state index >= 15 is 0 Å². The van der Waals surface area contributed by atoms with Crippen LogP contribution in [0.2, 0.25) is 5.02 Å². The molecule has 3 N–H and O–H groups in total. The molecule has 0 bridgehead atoms. The summed E-state index contributed by atoms with van der Waals surface area (Å²) in [5.74, 6) is 0.373. The number of hydrogen-bond donors (Lipinski definition) is 3. The third kappa shape index (κ3) is 6.40. The number of hydrogen-bond acceptors (Lipinski definition) is 10. The molecule has 0 saturated carbocycles. The topological polar surface area (TPSA) is 154 Å². The van der Waals surface area contributed by atoms with E-state index in [0.717, 1.165) is 6.07 Å². The normalized spacial score (nSPS) is 11.2. The van der Waals surface area contributed by atoms with Crippen molar-refractivity contribution >= 4 is 56.1 Å². The monoisotopic (exact) mass is 590 g/mol. The van der Waals surface area contributed by atoms with Gasteiger partial charge in [-0.05, 0) is 29.8 Å². The molecule has 1 amide bonds. The van der Waals surface area contributed by atoms with Crippen LogP contribution in [0.25, 0.3) is 10.9 Å². The van der Waals surface area contributed by atoms with Crippen molar-refractivity contribution < 1.29 is 26.6 Å². The molecule has 0 atom stereocenters. The van der Waals surface area contributed by atoms with Crippen LogP contribution in [0, 0.1) is 0 Å². The summed E-state index contributed by atoms with van der Waals surface area (Å²) >= 11 is 6.32. The van der Waals surface area contributed by atoms with E-state index in [1.165, 1.54) is 43.1 Å². The summed E-state index contributed by atoms with van der Waals surface area (Å²) in [7, 11) is -0.352. The van der Waals surface area contributed by atoms with Gasteiger partial charge in [0.25, 0.3) is 11.5 Å². The summed E-state index contributed by atoms with van der Waals surface area (Å²) in [4.78, 5) is 32.4. The summed E-state index contributed by atoms with van der Waals surface area (Å²) < 4.78 is 48.0. The van der Waals surface area contributed by atoms with Crippen LogP contribution < -0.4 is 31.0 Å². The minimum absolute atomic E-state index is 0.0195. The van der Waals surface area contributed by atoms with Crippen molar-refractivity contribution in [2.24, 2.45) is 7.05 Å². The molecule has 0 aliphatic heterocycles. The maximum Gasteiger partial charge on any atom is 0.332 e. The molecule has 15 heteroatoms. The number of carbonyl (C=O) groups excluding carboxylic acids is 1. The zero-order chi connectivity index (χ0) is 29.0. The van der Waals surface area contributed by atoms with Gasteiger partial charge in [-0.3, -0.25) is 9.59 Å². The lowest BCUT2D eigenvalue weighted by molar-refractivity contribution is -0.122. The molecule has 2 heterocycles. The van der Waals surface area contributed by atoms with Crippen LogP contribution in [0.3, 0.4) is 0 Å². The van der Waals surface area contributed by atoms with E-state index in [4.69, 9.17) is 21.1 Å². The van der Waals surface area contributed by atoms with E-state index in [1.807, 2.05) is 0 Å². The fourth-order valence-electron chi connectivity index (χ4n) is 3.78. The minimum atomic E-state index is -4.83. The molecule has 4 rings (SSSR count). The lowest BCUT2D eigenvalue weighted by atomic mass is 10.1. The number of methoxy groups -OCH3 is 1. The van der Waals surface area contributed by atoms with E-state index in [1.54, 1.807) is 25.2 Å². The van der Waals surface area contributed by atoms with Gasteiger partial charge in [0, 0.05) is 37.8 Å². The Morgan fingerprint density at radius 2 is 1.95 bits per heavy atom. The Labute approximate surface area is 233 Å². The summed E-state index contributed by atoms with van der Waals surface area (Å²) in [6.45, 7) is -0.215. The number of aromatic nitrogens is 3. The Bertz CT molecular complexity index is 1770. The molecular formula is C25H24ClFN6O6S. The summed E-state index contributed by atoms with van der Waals surface area (Å²) in [5.41, 5.74) is 1.05. The van der Waals surface area contributed by atoms with Gasteiger partial charge in [0.2, 0.25) is 5.95 Å². The van der Waals surface area contributed by atoms with Crippen LogP contribution in [-0.2, 0) is 28.6 Å². The molecule has 0 aliphatic carbocycles. The van der Waals surface area contributed by atoms with Crippen LogP contribution >= 0.6 is 11.6 Å². The number of likely N-dealkylation sites (N-methyl/N-ethyl adjacent to an activating group) is 1. The van der Waals surface area contributed by atoms with Crippen LogP contribution in [0.5, 0.6) is 11.5 Å². The number of nitrogens with one attached hydrogen (secondary N) is 3. The van der Waals surface area contributed by atoms with Crippen molar-refractivity contribution in [3.8, 4) is 11.5 Å². The van der Waals surface area contributed by atoms with Gasteiger partial charge in [-0.1, -0.05) is 23.7 Å². The Balaban J connectivity index is 1.62. The summed E-state index contributed by atoms with van der Waals surface area (Å²) in [6.07, 6.45) is 1.37. The van der Waals surface area contributed by atoms with Crippen molar-refractivity contribution in [3.63, 3.8) is 0 Å². The molecular weight excluding hydrogens is 567 g/mol. The second-order valence-electron chi connectivity index (χ2n) is 8.40. The van der Waals surface area contributed by atoms with E-state index < -0.39 is 26.6 Å².